The lowest BCUT2D eigenvalue weighted by Gasteiger charge is -2.30. The van der Waals surface area contributed by atoms with E-state index in [4.69, 9.17) is 34.8 Å². The molecule has 1 aliphatic carbocycles. The summed E-state index contributed by atoms with van der Waals surface area (Å²) in [5.41, 5.74) is 5.36. The summed E-state index contributed by atoms with van der Waals surface area (Å²) in [5.74, 6) is 0.173. The number of carbonyl (C=O) groups excluding carboxylic acids is 1. The van der Waals surface area contributed by atoms with Crippen molar-refractivity contribution in [2.75, 3.05) is 10.6 Å². The minimum atomic E-state index is -0.393. The molecule has 5 rings (SSSR count). The molecule has 3 aromatic carbocycles. The third-order valence-corrected chi connectivity index (χ3v) is 7.03. The summed E-state index contributed by atoms with van der Waals surface area (Å²) >= 11 is 19.0. The van der Waals surface area contributed by atoms with E-state index >= 15 is 0 Å². The van der Waals surface area contributed by atoms with Crippen LogP contribution in [0.25, 0.3) is 0 Å². The standard InChI is InChI=1S/C25H19Cl3N2O/c26-16-10-8-14(9-11-16)15-12-21-23(22(31)13-15)25(17-4-3-5-18(27)24(17)28)30-20-7-2-1-6-19(20)29-21/h1-11,15,25,29-30H,12-13H2/t15-,25+/m0/s1. The highest BCUT2D eigenvalue weighted by Crippen LogP contribution is 2.46. The van der Waals surface area contributed by atoms with Gasteiger partial charge in [0.25, 0.3) is 0 Å². The Kier molecular flexibility index (Phi) is 5.43. The summed E-state index contributed by atoms with van der Waals surface area (Å²) in [4.78, 5) is 13.5. The van der Waals surface area contributed by atoms with Crippen molar-refractivity contribution in [3.63, 3.8) is 0 Å². The number of para-hydroxylation sites is 2. The Morgan fingerprint density at radius 3 is 2.32 bits per heavy atom. The fourth-order valence-corrected chi connectivity index (χ4v) is 4.98. The largest absolute Gasteiger partial charge is 0.372 e. The maximum Gasteiger partial charge on any atom is 0.163 e. The molecular formula is C25H19Cl3N2O. The van der Waals surface area contributed by atoms with Crippen LogP contribution in [0.4, 0.5) is 11.4 Å². The highest BCUT2D eigenvalue weighted by molar-refractivity contribution is 6.42. The Morgan fingerprint density at radius 2 is 1.55 bits per heavy atom. The normalized spacial score (nSPS) is 20.3. The van der Waals surface area contributed by atoms with Gasteiger partial charge in [-0.05, 0) is 53.8 Å². The van der Waals surface area contributed by atoms with Gasteiger partial charge in [-0.25, -0.2) is 0 Å². The van der Waals surface area contributed by atoms with Crippen molar-refractivity contribution in [1.29, 1.82) is 0 Å². The van der Waals surface area contributed by atoms with Gasteiger partial charge in [0.15, 0.2) is 5.78 Å². The van der Waals surface area contributed by atoms with E-state index in [1.807, 2.05) is 60.7 Å². The SMILES string of the molecule is O=C1C[C@@H](c2ccc(Cl)cc2)CC2=C1[C@@H](c1cccc(Cl)c1Cl)Nc1ccccc1N2. The molecule has 31 heavy (non-hydrogen) atoms. The quantitative estimate of drug-likeness (QED) is 0.405. The Morgan fingerprint density at radius 1 is 0.806 bits per heavy atom. The molecule has 1 aliphatic heterocycles. The topological polar surface area (TPSA) is 41.1 Å². The zero-order valence-electron chi connectivity index (χ0n) is 16.5. The molecule has 0 radical (unpaired) electrons. The van der Waals surface area contributed by atoms with E-state index in [2.05, 4.69) is 10.6 Å². The van der Waals surface area contributed by atoms with E-state index in [1.54, 1.807) is 6.07 Å². The number of carbonyl (C=O) groups is 1. The summed E-state index contributed by atoms with van der Waals surface area (Å²) in [6, 6.07) is 20.8. The molecule has 0 saturated heterocycles. The number of benzene rings is 3. The number of hydrogen-bond donors (Lipinski definition) is 2. The lowest BCUT2D eigenvalue weighted by Crippen LogP contribution is -2.27. The van der Waals surface area contributed by atoms with Crippen LogP contribution in [0.1, 0.15) is 35.9 Å². The van der Waals surface area contributed by atoms with Crippen LogP contribution in [0.3, 0.4) is 0 Å². The van der Waals surface area contributed by atoms with Gasteiger partial charge in [0.2, 0.25) is 0 Å². The maximum atomic E-state index is 13.5. The van der Waals surface area contributed by atoms with Crippen molar-refractivity contribution in [2.45, 2.75) is 24.8 Å². The zero-order chi connectivity index (χ0) is 21.5. The van der Waals surface area contributed by atoms with Crippen molar-refractivity contribution in [2.24, 2.45) is 0 Å². The average Bonchev–Trinajstić information content (AvgIpc) is 2.93. The molecule has 0 fully saturated rings. The zero-order valence-corrected chi connectivity index (χ0v) is 18.7. The van der Waals surface area contributed by atoms with Gasteiger partial charge < -0.3 is 10.6 Å². The lowest BCUT2D eigenvalue weighted by molar-refractivity contribution is -0.116. The van der Waals surface area contributed by atoms with Crippen molar-refractivity contribution >= 4 is 52.0 Å². The Balaban J connectivity index is 1.63. The number of nitrogens with one attached hydrogen (secondary N) is 2. The van der Waals surface area contributed by atoms with Crippen molar-refractivity contribution in [3.05, 3.63) is 104 Å². The number of hydrogen-bond acceptors (Lipinski definition) is 3. The van der Waals surface area contributed by atoms with Crippen LogP contribution in [-0.4, -0.2) is 5.78 Å². The van der Waals surface area contributed by atoms with E-state index in [-0.39, 0.29) is 11.7 Å². The highest BCUT2D eigenvalue weighted by atomic mass is 35.5. The second-order valence-corrected chi connectivity index (χ2v) is 9.08. The average molecular weight is 470 g/mol. The third kappa shape index (κ3) is 3.82. The predicted octanol–water partition coefficient (Wildman–Crippen LogP) is 7.63. The molecular weight excluding hydrogens is 451 g/mol. The highest BCUT2D eigenvalue weighted by Gasteiger charge is 2.36. The minimum absolute atomic E-state index is 0.0803. The fraction of sp³-hybridized carbons (Fsp3) is 0.160. The van der Waals surface area contributed by atoms with Crippen LogP contribution in [0.15, 0.2) is 78.0 Å². The first kappa shape index (κ1) is 20.4. The van der Waals surface area contributed by atoms with Crippen molar-refractivity contribution in [1.82, 2.24) is 0 Å². The van der Waals surface area contributed by atoms with Gasteiger partial charge in [0, 0.05) is 22.7 Å². The Labute approximate surface area is 196 Å². The second-order valence-electron chi connectivity index (χ2n) is 7.86. The number of Topliss-reactive ketones (excluding diaryl/α,β-unsaturated/α-hetero) is 1. The third-order valence-electron chi connectivity index (χ3n) is 5.94. The van der Waals surface area contributed by atoms with Crippen LogP contribution in [0.2, 0.25) is 15.1 Å². The molecule has 0 bridgehead atoms. The molecule has 3 nitrogen and oxygen atoms in total. The summed E-state index contributed by atoms with van der Waals surface area (Å²) in [6.45, 7) is 0. The van der Waals surface area contributed by atoms with E-state index in [0.29, 0.717) is 33.5 Å². The first-order chi connectivity index (χ1) is 15.0. The van der Waals surface area contributed by atoms with Gasteiger partial charge in [-0.15, -0.1) is 0 Å². The molecule has 2 aliphatic rings. The van der Waals surface area contributed by atoms with Gasteiger partial charge in [-0.2, -0.15) is 0 Å². The predicted molar refractivity (Wildman–Crippen MR) is 128 cm³/mol. The monoisotopic (exact) mass is 468 g/mol. The Hall–Kier alpha value is -2.46. The van der Waals surface area contributed by atoms with E-state index < -0.39 is 6.04 Å². The van der Waals surface area contributed by atoms with Crippen LogP contribution in [-0.2, 0) is 4.79 Å². The molecule has 1 heterocycles. The van der Waals surface area contributed by atoms with E-state index in [1.165, 1.54) is 0 Å². The molecule has 0 amide bonds. The first-order valence-corrected chi connectivity index (χ1v) is 11.2. The number of halogens is 3. The van der Waals surface area contributed by atoms with Crippen LogP contribution >= 0.6 is 34.8 Å². The van der Waals surface area contributed by atoms with E-state index in [0.717, 1.165) is 28.2 Å². The van der Waals surface area contributed by atoms with Gasteiger partial charge in [0.05, 0.1) is 27.5 Å². The fourth-order valence-electron chi connectivity index (χ4n) is 4.44. The van der Waals surface area contributed by atoms with Gasteiger partial charge in [-0.1, -0.05) is 71.2 Å². The smallest absolute Gasteiger partial charge is 0.163 e. The summed E-state index contributed by atoms with van der Waals surface area (Å²) in [5, 5.41) is 8.68. The lowest BCUT2D eigenvalue weighted by atomic mass is 9.78. The van der Waals surface area contributed by atoms with Crippen molar-refractivity contribution < 1.29 is 4.79 Å². The molecule has 6 heteroatoms. The molecule has 2 N–H and O–H groups in total. The summed E-state index contributed by atoms with van der Waals surface area (Å²) < 4.78 is 0. The molecule has 0 saturated carbocycles. The number of ketones is 1. The number of allylic oxidation sites excluding steroid dienone is 1. The number of rotatable bonds is 2. The van der Waals surface area contributed by atoms with E-state index in [9.17, 15) is 4.79 Å². The Bertz CT molecular complexity index is 1200. The molecule has 2 atom stereocenters. The molecule has 3 aromatic rings. The molecule has 0 spiro atoms. The van der Waals surface area contributed by atoms with Gasteiger partial charge in [0.1, 0.15) is 0 Å². The van der Waals surface area contributed by atoms with Gasteiger partial charge in [-0.3, -0.25) is 4.79 Å². The van der Waals surface area contributed by atoms with Crippen LogP contribution in [0, 0.1) is 0 Å². The molecule has 0 unspecified atom stereocenters. The first-order valence-electron chi connectivity index (χ1n) is 10.1. The van der Waals surface area contributed by atoms with Crippen molar-refractivity contribution in [3.8, 4) is 0 Å². The molecule has 156 valence electrons. The maximum absolute atomic E-state index is 13.5. The van der Waals surface area contributed by atoms with Crippen LogP contribution in [0.5, 0.6) is 0 Å². The molecule has 0 aromatic heterocycles. The van der Waals surface area contributed by atoms with Crippen LogP contribution < -0.4 is 10.6 Å². The van der Waals surface area contributed by atoms with Gasteiger partial charge >= 0.3 is 0 Å². The number of fused-ring (bicyclic) bond motifs is 1. The minimum Gasteiger partial charge on any atom is -0.372 e. The summed E-state index contributed by atoms with van der Waals surface area (Å²) in [6.07, 6.45) is 1.14. The summed E-state index contributed by atoms with van der Waals surface area (Å²) in [7, 11) is 0. The second kappa shape index (κ2) is 8.23. The number of anilines is 2.